The molecule has 22 heavy (non-hydrogen) atoms. The Morgan fingerprint density at radius 3 is 2.64 bits per heavy atom. The van der Waals surface area contributed by atoms with Gasteiger partial charge in [0, 0.05) is 22.6 Å². The van der Waals surface area contributed by atoms with Crippen LogP contribution in [-0.2, 0) is 0 Å². The number of halogens is 2. The molecular formula is C18H15BrFNO. The van der Waals surface area contributed by atoms with Crippen LogP contribution in [0.4, 0.5) is 4.39 Å². The fraction of sp³-hybridized carbons (Fsp3) is 0.111. The second-order valence-corrected chi connectivity index (χ2v) is 5.47. The summed E-state index contributed by atoms with van der Waals surface area (Å²) in [5.41, 5.74) is 2.00. The van der Waals surface area contributed by atoms with Crippen molar-refractivity contribution < 1.29 is 9.13 Å². The zero-order valence-corrected chi connectivity index (χ0v) is 13.5. The molecular weight excluding hydrogens is 345 g/mol. The van der Waals surface area contributed by atoms with Crippen molar-refractivity contribution in [3.05, 3.63) is 72.7 Å². The highest BCUT2D eigenvalue weighted by molar-refractivity contribution is 9.09. The van der Waals surface area contributed by atoms with Crippen molar-refractivity contribution >= 4 is 26.8 Å². The maximum Gasteiger partial charge on any atom is 0.123 e. The van der Waals surface area contributed by atoms with Gasteiger partial charge in [0.25, 0.3) is 0 Å². The number of alkyl halides is 1. The lowest BCUT2D eigenvalue weighted by Gasteiger charge is -2.07. The van der Waals surface area contributed by atoms with E-state index in [2.05, 4.69) is 15.9 Å². The van der Waals surface area contributed by atoms with Crippen molar-refractivity contribution in [1.29, 1.82) is 0 Å². The summed E-state index contributed by atoms with van der Waals surface area (Å²) in [6, 6.07) is 14.5. The number of allylic oxidation sites excluding steroid dienone is 1. The average Bonchev–Trinajstić information content (AvgIpc) is 2.95. The molecule has 1 aromatic heterocycles. The van der Waals surface area contributed by atoms with Gasteiger partial charge >= 0.3 is 0 Å². The van der Waals surface area contributed by atoms with E-state index in [-0.39, 0.29) is 5.82 Å². The highest BCUT2D eigenvalue weighted by atomic mass is 79.9. The van der Waals surface area contributed by atoms with Crippen molar-refractivity contribution in [1.82, 2.24) is 4.57 Å². The van der Waals surface area contributed by atoms with Gasteiger partial charge in [0.2, 0.25) is 0 Å². The van der Waals surface area contributed by atoms with Gasteiger partial charge in [0.15, 0.2) is 0 Å². The minimum absolute atomic E-state index is 0.229. The van der Waals surface area contributed by atoms with Crippen LogP contribution in [0.25, 0.3) is 16.6 Å². The molecule has 0 radical (unpaired) electrons. The zero-order chi connectivity index (χ0) is 15.4. The van der Waals surface area contributed by atoms with Gasteiger partial charge in [-0.15, -0.1) is 0 Å². The van der Waals surface area contributed by atoms with Gasteiger partial charge in [-0.25, -0.2) is 4.39 Å². The molecule has 0 aliphatic carbocycles. The quantitative estimate of drug-likeness (QED) is 0.456. The first kappa shape index (κ1) is 14.9. The topological polar surface area (TPSA) is 14.2 Å². The maximum atomic E-state index is 13.0. The van der Waals surface area contributed by atoms with Crippen LogP contribution in [0.1, 0.15) is 0 Å². The van der Waals surface area contributed by atoms with Gasteiger partial charge in [0.05, 0.1) is 5.52 Å². The largest absolute Gasteiger partial charge is 0.490 e. The molecule has 112 valence electrons. The predicted molar refractivity (Wildman–Crippen MR) is 91.7 cm³/mol. The molecule has 0 aliphatic heterocycles. The highest BCUT2D eigenvalue weighted by Crippen LogP contribution is 2.25. The first-order valence-electron chi connectivity index (χ1n) is 6.99. The predicted octanol–water partition coefficient (Wildman–Crippen LogP) is 5.10. The van der Waals surface area contributed by atoms with Crippen molar-refractivity contribution in [2.24, 2.45) is 0 Å². The van der Waals surface area contributed by atoms with Crippen LogP contribution >= 0.6 is 15.9 Å². The summed E-state index contributed by atoms with van der Waals surface area (Å²) in [6.45, 7) is 0.551. The van der Waals surface area contributed by atoms with E-state index in [9.17, 15) is 4.39 Å². The lowest BCUT2D eigenvalue weighted by Crippen LogP contribution is -1.94. The molecule has 4 heteroatoms. The number of rotatable bonds is 5. The smallest absolute Gasteiger partial charge is 0.123 e. The third kappa shape index (κ3) is 3.22. The van der Waals surface area contributed by atoms with Gasteiger partial charge in [-0.3, -0.25) is 0 Å². The molecule has 0 fully saturated rings. The molecule has 2 aromatic carbocycles. The third-order valence-corrected chi connectivity index (χ3v) is 3.74. The number of benzene rings is 2. The lowest BCUT2D eigenvalue weighted by atomic mass is 10.2. The monoisotopic (exact) mass is 359 g/mol. The Hall–Kier alpha value is -2.07. The lowest BCUT2D eigenvalue weighted by molar-refractivity contribution is 0.363. The van der Waals surface area contributed by atoms with Gasteiger partial charge < -0.3 is 9.30 Å². The molecule has 0 atom stereocenters. The van der Waals surface area contributed by atoms with E-state index >= 15 is 0 Å². The van der Waals surface area contributed by atoms with Crippen molar-refractivity contribution in [3.8, 4) is 11.4 Å². The molecule has 0 unspecified atom stereocenters. The van der Waals surface area contributed by atoms with Crippen LogP contribution in [0.5, 0.6) is 5.75 Å². The van der Waals surface area contributed by atoms with Crippen molar-refractivity contribution in [3.63, 3.8) is 0 Å². The molecule has 1 heterocycles. The summed E-state index contributed by atoms with van der Waals surface area (Å²) in [4.78, 5) is 0. The molecule has 0 bridgehead atoms. The fourth-order valence-electron chi connectivity index (χ4n) is 2.31. The highest BCUT2D eigenvalue weighted by Gasteiger charge is 2.04. The fourth-order valence-corrected chi connectivity index (χ4v) is 2.58. The van der Waals surface area contributed by atoms with Crippen molar-refractivity contribution in [2.45, 2.75) is 0 Å². The van der Waals surface area contributed by atoms with Gasteiger partial charge in [-0.05, 0) is 48.5 Å². The molecule has 0 aliphatic rings. The second-order valence-electron chi connectivity index (χ2n) is 4.82. The summed E-state index contributed by atoms with van der Waals surface area (Å²) in [5.74, 6) is 0.607. The van der Waals surface area contributed by atoms with E-state index < -0.39 is 0 Å². The summed E-state index contributed by atoms with van der Waals surface area (Å²) in [7, 11) is 0. The van der Waals surface area contributed by atoms with E-state index in [4.69, 9.17) is 4.74 Å². The normalized spacial score (nSPS) is 11.4. The van der Waals surface area contributed by atoms with Crippen LogP contribution in [0.2, 0.25) is 0 Å². The number of ether oxygens (including phenoxy) is 1. The van der Waals surface area contributed by atoms with Gasteiger partial charge in [0.1, 0.15) is 18.2 Å². The second kappa shape index (κ2) is 6.79. The Balaban J connectivity index is 1.86. The van der Waals surface area contributed by atoms with Crippen LogP contribution in [0.3, 0.4) is 0 Å². The van der Waals surface area contributed by atoms with Crippen LogP contribution < -0.4 is 4.74 Å². The van der Waals surface area contributed by atoms with Crippen molar-refractivity contribution in [2.75, 3.05) is 11.9 Å². The van der Waals surface area contributed by atoms with E-state index in [1.165, 1.54) is 12.1 Å². The zero-order valence-electron chi connectivity index (χ0n) is 11.9. The summed E-state index contributed by atoms with van der Waals surface area (Å²) < 4.78 is 20.7. The standard InChI is InChI=1S/C18H15BrFNO/c19-10-1-2-12-22-17-7-8-18-14(13-17)9-11-21(18)16-5-3-15(20)4-6-16/h1-9,11,13H,10,12H2/b2-1+. The molecule has 2 nitrogen and oxygen atoms in total. The van der Waals surface area contributed by atoms with E-state index in [1.807, 2.05) is 47.2 Å². The number of hydrogen-bond donors (Lipinski definition) is 0. The Morgan fingerprint density at radius 1 is 1.05 bits per heavy atom. The Kier molecular flexibility index (Phi) is 4.59. The van der Waals surface area contributed by atoms with Crippen LogP contribution in [-0.4, -0.2) is 16.5 Å². The molecule has 0 amide bonds. The van der Waals surface area contributed by atoms with E-state index in [0.717, 1.165) is 27.7 Å². The first-order valence-corrected chi connectivity index (χ1v) is 8.11. The average molecular weight is 360 g/mol. The minimum Gasteiger partial charge on any atom is -0.490 e. The van der Waals surface area contributed by atoms with Gasteiger partial charge in [-0.2, -0.15) is 0 Å². The van der Waals surface area contributed by atoms with Gasteiger partial charge in [-0.1, -0.05) is 28.1 Å². The Labute approximate surface area is 137 Å². The number of nitrogens with zero attached hydrogens (tertiary/aromatic N) is 1. The maximum absolute atomic E-state index is 13.0. The summed E-state index contributed by atoms with van der Waals surface area (Å²) in [6.07, 6.45) is 5.96. The summed E-state index contributed by atoms with van der Waals surface area (Å²) >= 11 is 3.33. The van der Waals surface area contributed by atoms with Crippen LogP contribution in [0.15, 0.2) is 66.9 Å². The Morgan fingerprint density at radius 2 is 1.86 bits per heavy atom. The third-order valence-electron chi connectivity index (χ3n) is 3.37. The minimum atomic E-state index is -0.229. The first-order chi connectivity index (χ1) is 10.8. The number of hydrogen-bond acceptors (Lipinski definition) is 1. The molecule has 0 saturated carbocycles. The van der Waals surface area contributed by atoms with Crippen LogP contribution in [0, 0.1) is 5.82 Å². The SMILES string of the molecule is Fc1ccc(-n2ccc3cc(OC/C=C/CBr)ccc32)cc1. The molecule has 3 rings (SSSR count). The molecule has 0 saturated heterocycles. The molecule has 3 aromatic rings. The molecule has 0 spiro atoms. The summed E-state index contributed by atoms with van der Waals surface area (Å²) in [5, 5.41) is 1.92. The van der Waals surface area contributed by atoms with E-state index in [0.29, 0.717) is 6.61 Å². The Bertz CT molecular complexity index is 792. The number of fused-ring (bicyclic) bond motifs is 1. The van der Waals surface area contributed by atoms with E-state index in [1.54, 1.807) is 12.1 Å². The number of aromatic nitrogens is 1. The molecule has 0 N–H and O–H groups in total.